The van der Waals surface area contributed by atoms with Crippen LogP contribution in [0.25, 0.3) is 10.8 Å². The van der Waals surface area contributed by atoms with Gasteiger partial charge >= 0.3 is 0 Å². The fourth-order valence-electron chi connectivity index (χ4n) is 3.02. The second-order valence-electron chi connectivity index (χ2n) is 6.87. The van der Waals surface area contributed by atoms with Gasteiger partial charge in [0.15, 0.2) is 5.69 Å². The highest BCUT2D eigenvalue weighted by Crippen LogP contribution is 2.18. The predicted octanol–water partition coefficient (Wildman–Crippen LogP) is 1.45. The van der Waals surface area contributed by atoms with Gasteiger partial charge in [-0.3, -0.25) is 14.4 Å². The van der Waals surface area contributed by atoms with Gasteiger partial charge in [-0.15, -0.1) is 0 Å². The normalized spacial score (nSPS) is 13.3. The number of hydrogen-bond donors (Lipinski definition) is 2. The van der Waals surface area contributed by atoms with E-state index in [0.717, 1.165) is 18.4 Å². The Bertz CT molecular complexity index is 1090. The number of rotatable bonds is 6. The van der Waals surface area contributed by atoms with Crippen LogP contribution in [0.4, 0.5) is 0 Å². The maximum absolute atomic E-state index is 12.8. The fraction of sp³-hybridized carbons (Fsp3) is 0.238. The highest BCUT2D eigenvalue weighted by atomic mass is 16.2. The Hall–Kier alpha value is -3.48. The average molecular weight is 376 g/mol. The minimum absolute atomic E-state index is 0.122. The summed E-state index contributed by atoms with van der Waals surface area (Å²) in [5.74, 6) is -0.707. The van der Waals surface area contributed by atoms with Crippen LogP contribution >= 0.6 is 0 Å². The molecule has 0 saturated heterocycles. The van der Waals surface area contributed by atoms with Gasteiger partial charge in [0, 0.05) is 11.4 Å². The highest BCUT2D eigenvalue weighted by molar-refractivity contribution is 6.05. The largest absolute Gasteiger partial charge is 0.352 e. The van der Waals surface area contributed by atoms with Crippen molar-refractivity contribution in [3.8, 4) is 0 Å². The first-order valence-electron chi connectivity index (χ1n) is 9.23. The van der Waals surface area contributed by atoms with Gasteiger partial charge in [-0.05, 0) is 24.5 Å². The summed E-state index contributed by atoms with van der Waals surface area (Å²) >= 11 is 0. The van der Waals surface area contributed by atoms with Crippen LogP contribution in [-0.4, -0.2) is 34.2 Å². The van der Waals surface area contributed by atoms with Crippen molar-refractivity contribution >= 4 is 22.6 Å². The van der Waals surface area contributed by atoms with Crippen LogP contribution < -0.4 is 16.2 Å². The molecule has 7 heteroatoms. The molecule has 2 N–H and O–H groups in total. The van der Waals surface area contributed by atoms with Crippen LogP contribution in [0, 0.1) is 0 Å². The molecule has 0 unspecified atom stereocenters. The lowest BCUT2D eigenvalue weighted by Crippen LogP contribution is -2.39. The number of amides is 2. The van der Waals surface area contributed by atoms with E-state index in [4.69, 9.17) is 0 Å². The molecule has 0 spiro atoms. The van der Waals surface area contributed by atoms with Crippen LogP contribution in [0.15, 0.2) is 59.4 Å². The van der Waals surface area contributed by atoms with Crippen LogP contribution in [0.1, 0.15) is 28.9 Å². The van der Waals surface area contributed by atoms with Crippen molar-refractivity contribution in [2.45, 2.75) is 25.4 Å². The lowest BCUT2D eigenvalue weighted by molar-refractivity contribution is -0.120. The van der Waals surface area contributed by atoms with Gasteiger partial charge in [0.1, 0.15) is 0 Å². The highest BCUT2D eigenvalue weighted by Gasteiger charge is 2.24. The van der Waals surface area contributed by atoms with Gasteiger partial charge in [-0.1, -0.05) is 48.5 Å². The number of benzene rings is 2. The zero-order valence-electron chi connectivity index (χ0n) is 15.2. The molecule has 4 rings (SSSR count). The van der Waals surface area contributed by atoms with Gasteiger partial charge < -0.3 is 10.6 Å². The van der Waals surface area contributed by atoms with Crippen molar-refractivity contribution in [2.24, 2.45) is 0 Å². The van der Waals surface area contributed by atoms with E-state index in [1.165, 1.54) is 4.68 Å². The van der Waals surface area contributed by atoms with Gasteiger partial charge in [0.2, 0.25) is 5.91 Å². The van der Waals surface area contributed by atoms with Crippen molar-refractivity contribution in [1.82, 2.24) is 20.4 Å². The quantitative estimate of drug-likeness (QED) is 0.681. The second-order valence-corrected chi connectivity index (χ2v) is 6.87. The molecular formula is C21H20N4O3. The average Bonchev–Trinajstić information content (AvgIpc) is 3.53. The maximum atomic E-state index is 12.8. The van der Waals surface area contributed by atoms with Crippen LogP contribution in [0.2, 0.25) is 0 Å². The third-order valence-corrected chi connectivity index (χ3v) is 4.61. The summed E-state index contributed by atoms with van der Waals surface area (Å²) in [7, 11) is 0. The molecule has 1 aliphatic carbocycles. The Kier molecular flexibility index (Phi) is 4.89. The minimum Gasteiger partial charge on any atom is -0.352 e. The van der Waals surface area contributed by atoms with E-state index in [9.17, 15) is 14.4 Å². The Morgan fingerprint density at radius 2 is 1.68 bits per heavy atom. The van der Waals surface area contributed by atoms with Crippen molar-refractivity contribution < 1.29 is 9.59 Å². The molecule has 2 amide bonds. The lowest BCUT2D eigenvalue weighted by atomic mass is 10.1. The molecule has 1 aliphatic rings. The van der Waals surface area contributed by atoms with Crippen LogP contribution in [0.5, 0.6) is 0 Å². The van der Waals surface area contributed by atoms with Gasteiger partial charge in [0.25, 0.3) is 11.5 Å². The first-order valence-corrected chi connectivity index (χ1v) is 9.23. The van der Waals surface area contributed by atoms with E-state index in [1.54, 1.807) is 24.3 Å². The molecule has 0 radical (unpaired) electrons. The van der Waals surface area contributed by atoms with Gasteiger partial charge in [0.05, 0.1) is 18.5 Å². The summed E-state index contributed by atoms with van der Waals surface area (Å²) in [6.45, 7) is 0.135. The Morgan fingerprint density at radius 1 is 1.00 bits per heavy atom. The number of fused-ring (bicyclic) bond motifs is 1. The van der Waals surface area contributed by atoms with E-state index in [0.29, 0.717) is 10.8 Å². The number of nitrogens with one attached hydrogen (secondary N) is 2. The Morgan fingerprint density at radius 3 is 2.39 bits per heavy atom. The lowest BCUT2D eigenvalue weighted by Gasteiger charge is -2.11. The molecule has 142 valence electrons. The van der Waals surface area contributed by atoms with Crippen molar-refractivity contribution in [3.63, 3.8) is 0 Å². The zero-order chi connectivity index (χ0) is 19.5. The van der Waals surface area contributed by atoms with Crippen molar-refractivity contribution in [3.05, 3.63) is 76.2 Å². The number of aromatic nitrogens is 2. The van der Waals surface area contributed by atoms with E-state index in [1.807, 2.05) is 30.3 Å². The van der Waals surface area contributed by atoms with Crippen LogP contribution in [-0.2, 0) is 11.3 Å². The molecule has 1 aromatic heterocycles. The summed E-state index contributed by atoms with van der Waals surface area (Å²) < 4.78 is 1.29. The SMILES string of the molecule is O=C(CNC(=O)c1nn(Cc2ccccc2)c(=O)c2ccccc12)NC1CC1. The Labute approximate surface area is 161 Å². The molecule has 0 atom stereocenters. The third-order valence-electron chi connectivity index (χ3n) is 4.61. The Balaban J connectivity index is 1.64. The summed E-state index contributed by atoms with van der Waals surface area (Å²) in [6.07, 6.45) is 1.96. The van der Waals surface area contributed by atoms with Gasteiger partial charge in [-0.2, -0.15) is 5.10 Å². The molecular weight excluding hydrogens is 356 g/mol. The number of hydrogen-bond acceptors (Lipinski definition) is 4. The van der Waals surface area contributed by atoms with E-state index < -0.39 is 5.91 Å². The molecule has 2 aromatic carbocycles. The minimum atomic E-state index is -0.482. The smallest absolute Gasteiger partial charge is 0.274 e. The molecule has 1 saturated carbocycles. The summed E-state index contributed by atoms with van der Waals surface area (Å²) in [5.41, 5.74) is 0.774. The van der Waals surface area contributed by atoms with Crippen LogP contribution in [0.3, 0.4) is 0 Å². The number of nitrogens with zero attached hydrogens (tertiary/aromatic N) is 2. The van der Waals surface area contributed by atoms with Crippen molar-refractivity contribution in [1.29, 1.82) is 0 Å². The van der Waals surface area contributed by atoms with Gasteiger partial charge in [-0.25, -0.2) is 4.68 Å². The first kappa shape index (κ1) is 17.9. The van der Waals surface area contributed by atoms with Crippen molar-refractivity contribution in [2.75, 3.05) is 6.54 Å². The summed E-state index contributed by atoms with van der Waals surface area (Å²) in [5, 5.41) is 10.6. The predicted molar refractivity (Wildman–Crippen MR) is 105 cm³/mol. The second kappa shape index (κ2) is 7.64. The molecule has 0 bridgehead atoms. The zero-order valence-corrected chi connectivity index (χ0v) is 15.2. The molecule has 0 aliphatic heterocycles. The number of carbonyl (C=O) groups is 2. The van der Waals surface area contributed by atoms with E-state index in [2.05, 4.69) is 15.7 Å². The maximum Gasteiger partial charge on any atom is 0.274 e. The summed E-state index contributed by atoms with van der Waals surface area (Å²) in [4.78, 5) is 37.4. The molecule has 3 aromatic rings. The first-order chi connectivity index (χ1) is 13.6. The standard InChI is InChI=1S/C21H20N4O3/c26-18(23-15-10-11-15)12-22-20(27)19-16-8-4-5-9-17(16)21(28)25(24-19)13-14-6-2-1-3-7-14/h1-9,15H,10-13H2,(H,22,27)(H,23,26). The molecule has 28 heavy (non-hydrogen) atoms. The number of carbonyl (C=O) groups excluding carboxylic acids is 2. The monoisotopic (exact) mass is 376 g/mol. The van der Waals surface area contributed by atoms with E-state index >= 15 is 0 Å². The fourth-order valence-corrected chi connectivity index (χ4v) is 3.02. The van der Waals surface area contributed by atoms with E-state index in [-0.39, 0.29) is 36.3 Å². The molecule has 1 fully saturated rings. The molecule has 1 heterocycles. The third kappa shape index (κ3) is 3.93. The molecule has 7 nitrogen and oxygen atoms in total. The topological polar surface area (TPSA) is 93.1 Å². The summed E-state index contributed by atoms with van der Waals surface area (Å²) in [6, 6.07) is 16.6.